The molecule has 0 saturated heterocycles. The van der Waals surface area contributed by atoms with Crippen molar-refractivity contribution >= 4 is 5.78 Å². The zero-order valence-corrected chi connectivity index (χ0v) is 15.1. The Bertz CT molecular complexity index is 782. The third-order valence-electron chi connectivity index (χ3n) is 4.88. The van der Waals surface area contributed by atoms with Gasteiger partial charge in [-0.05, 0) is 24.3 Å². The zero-order chi connectivity index (χ0) is 18.0. The molecule has 4 nitrogen and oxygen atoms in total. The number of carbonyl (C=O) groups excluding carboxylic acids is 1. The Hall–Kier alpha value is -2.38. The third-order valence-corrected chi connectivity index (χ3v) is 4.88. The Labute approximate surface area is 149 Å². The normalized spacial score (nSPS) is 22.3. The Balaban J connectivity index is 1.82. The van der Waals surface area contributed by atoms with Crippen molar-refractivity contribution in [3.63, 3.8) is 0 Å². The molecule has 1 aliphatic heterocycles. The van der Waals surface area contributed by atoms with Crippen LogP contribution in [0.5, 0.6) is 0 Å². The summed E-state index contributed by atoms with van der Waals surface area (Å²) in [6.45, 7) is 6.94. The van der Waals surface area contributed by atoms with Gasteiger partial charge in [-0.15, -0.1) is 0 Å². The van der Waals surface area contributed by atoms with Gasteiger partial charge in [0.2, 0.25) is 0 Å². The zero-order valence-electron chi connectivity index (χ0n) is 15.1. The molecule has 1 aromatic rings. The number of Topliss-reactive ketones (excluding diaryl/α,β-unsaturated/α-hetero) is 1. The van der Waals surface area contributed by atoms with E-state index in [4.69, 9.17) is 4.74 Å². The van der Waals surface area contributed by atoms with E-state index in [1.807, 2.05) is 37.3 Å². The molecule has 0 bridgehead atoms. The molecule has 0 unspecified atom stereocenters. The Morgan fingerprint density at radius 2 is 2.00 bits per heavy atom. The van der Waals surface area contributed by atoms with Crippen LogP contribution in [0.1, 0.15) is 39.2 Å². The second-order valence-corrected chi connectivity index (χ2v) is 7.66. The van der Waals surface area contributed by atoms with E-state index in [0.29, 0.717) is 25.2 Å². The van der Waals surface area contributed by atoms with Gasteiger partial charge in [-0.25, -0.2) is 0 Å². The van der Waals surface area contributed by atoms with Gasteiger partial charge in [0.1, 0.15) is 0 Å². The molecule has 4 heteroatoms. The second kappa shape index (κ2) is 6.85. The molecule has 1 heterocycles. The highest BCUT2D eigenvalue weighted by Crippen LogP contribution is 2.42. The SMILES string of the molecule is CC1=C(C#N)[C@H](COCc2ccccc2)C2=C(CC(C)(C)CC2=O)N1. The summed E-state index contributed by atoms with van der Waals surface area (Å²) in [6, 6.07) is 12.2. The van der Waals surface area contributed by atoms with Gasteiger partial charge in [0.25, 0.3) is 0 Å². The van der Waals surface area contributed by atoms with E-state index in [-0.39, 0.29) is 17.1 Å². The monoisotopic (exact) mass is 336 g/mol. The van der Waals surface area contributed by atoms with Gasteiger partial charge in [-0.1, -0.05) is 44.2 Å². The smallest absolute Gasteiger partial charge is 0.161 e. The maximum Gasteiger partial charge on any atom is 0.161 e. The minimum absolute atomic E-state index is 0.0528. The van der Waals surface area contributed by atoms with Crippen molar-refractivity contribution in [1.82, 2.24) is 5.32 Å². The molecular formula is C21H24N2O2. The number of allylic oxidation sites excluding steroid dienone is 2. The quantitative estimate of drug-likeness (QED) is 0.907. The number of hydrogen-bond acceptors (Lipinski definition) is 4. The van der Waals surface area contributed by atoms with Crippen LogP contribution in [0.4, 0.5) is 0 Å². The predicted molar refractivity (Wildman–Crippen MR) is 96.1 cm³/mol. The summed E-state index contributed by atoms with van der Waals surface area (Å²) >= 11 is 0. The summed E-state index contributed by atoms with van der Waals surface area (Å²) in [4.78, 5) is 12.8. The van der Waals surface area contributed by atoms with Gasteiger partial charge in [0.05, 0.1) is 24.9 Å². The molecule has 0 saturated carbocycles. The molecule has 130 valence electrons. The fourth-order valence-electron chi connectivity index (χ4n) is 3.75. The largest absolute Gasteiger partial charge is 0.376 e. The number of benzene rings is 1. The molecule has 1 atom stereocenters. The van der Waals surface area contributed by atoms with Crippen LogP contribution in [0.2, 0.25) is 0 Å². The van der Waals surface area contributed by atoms with E-state index in [0.717, 1.165) is 29.0 Å². The van der Waals surface area contributed by atoms with E-state index < -0.39 is 0 Å². The highest BCUT2D eigenvalue weighted by Gasteiger charge is 2.40. The standard InChI is InChI=1S/C21H24N2O2/c1-14-16(11-22)17(13-25-12-15-7-5-4-6-8-15)20-18(23-14)9-21(2,3)10-19(20)24/h4-8,17,23H,9-10,12-13H2,1-3H3/t17-/m0/s1. The molecule has 0 amide bonds. The average Bonchev–Trinajstić information content (AvgIpc) is 2.54. The van der Waals surface area contributed by atoms with Gasteiger partial charge in [-0.3, -0.25) is 4.79 Å². The Morgan fingerprint density at radius 1 is 1.28 bits per heavy atom. The van der Waals surface area contributed by atoms with E-state index >= 15 is 0 Å². The number of nitriles is 1. The van der Waals surface area contributed by atoms with Crippen LogP contribution < -0.4 is 5.32 Å². The van der Waals surface area contributed by atoms with Crippen molar-refractivity contribution in [3.8, 4) is 6.07 Å². The maximum absolute atomic E-state index is 12.8. The molecule has 3 rings (SSSR count). The first-order chi connectivity index (χ1) is 11.9. The highest BCUT2D eigenvalue weighted by molar-refractivity contribution is 5.99. The number of carbonyl (C=O) groups is 1. The summed E-state index contributed by atoms with van der Waals surface area (Å²) in [5.74, 6) is -0.138. The highest BCUT2D eigenvalue weighted by atomic mass is 16.5. The van der Waals surface area contributed by atoms with Crippen molar-refractivity contribution in [3.05, 3.63) is 58.4 Å². The molecule has 0 aromatic heterocycles. The van der Waals surface area contributed by atoms with Crippen molar-refractivity contribution in [1.29, 1.82) is 5.26 Å². The summed E-state index contributed by atoms with van der Waals surface area (Å²) < 4.78 is 5.89. The molecule has 2 aliphatic rings. The van der Waals surface area contributed by atoms with Gasteiger partial charge in [0.15, 0.2) is 5.78 Å². The summed E-state index contributed by atoms with van der Waals surface area (Å²) in [6.07, 6.45) is 1.33. The summed E-state index contributed by atoms with van der Waals surface area (Å²) in [7, 11) is 0. The predicted octanol–water partition coefficient (Wildman–Crippen LogP) is 3.86. The molecule has 1 aliphatic carbocycles. The van der Waals surface area contributed by atoms with Gasteiger partial charge < -0.3 is 10.1 Å². The average molecular weight is 336 g/mol. The molecule has 0 radical (unpaired) electrons. The lowest BCUT2D eigenvalue weighted by molar-refractivity contribution is -0.118. The fourth-order valence-corrected chi connectivity index (χ4v) is 3.75. The molecular weight excluding hydrogens is 312 g/mol. The van der Waals surface area contributed by atoms with Crippen molar-refractivity contribution < 1.29 is 9.53 Å². The number of nitrogens with one attached hydrogen (secondary N) is 1. The Kier molecular flexibility index (Phi) is 4.78. The maximum atomic E-state index is 12.8. The van der Waals surface area contributed by atoms with Crippen molar-refractivity contribution in [2.24, 2.45) is 11.3 Å². The van der Waals surface area contributed by atoms with Gasteiger partial charge >= 0.3 is 0 Å². The minimum Gasteiger partial charge on any atom is -0.376 e. The van der Waals surface area contributed by atoms with E-state index in [2.05, 4.69) is 25.2 Å². The van der Waals surface area contributed by atoms with Gasteiger partial charge in [-0.2, -0.15) is 5.26 Å². The minimum atomic E-state index is -0.270. The van der Waals surface area contributed by atoms with Crippen molar-refractivity contribution in [2.45, 2.75) is 40.2 Å². The molecule has 25 heavy (non-hydrogen) atoms. The van der Waals surface area contributed by atoms with E-state index in [1.165, 1.54) is 0 Å². The van der Waals surface area contributed by atoms with Crippen LogP contribution in [-0.4, -0.2) is 12.4 Å². The van der Waals surface area contributed by atoms with Crippen LogP contribution >= 0.6 is 0 Å². The number of ketones is 1. The lowest BCUT2D eigenvalue weighted by Gasteiger charge is -2.38. The van der Waals surface area contributed by atoms with Gasteiger partial charge in [0, 0.05) is 29.3 Å². The van der Waals surface area contributed by atoms with Crippen LogP contribution in [-0.2, 0) is 16.1 Å². The summed E-state index contributed by atoms with van der Waals surface area (Å²) in [5, 5.41) is 12.9. The number of nitrogens with zero attached hydrogens (tertiary/aromatic N) is 1. The van der Waals surface area contributed by atoms with Crippen LogP contribution in [0.15, 0.2) is 52.9 Å². The number of ether oxygens (including phenoxy) is 1. The van der Waals surface area contributed by atoms with Crippen LogP contribution in [0.3, 0.4) is 0 Å². The summed E-state index contributed by atoms with van der Waals surface area (Å²) in [5.41, 5.74) is 4.18. The number of dihydropyridines is 1. The first-order valence-electron chi connectivity index (χ1n) is 8.67. The second-order valence-electron chi connectivity index (χ2n) is 7.66. The topological polar surface area (TPSA) is 62.1 Å². The molecule has 1 aromatic carbocycles. The molecule has 0 spiro atoms. The first-order valence-corrected chi connectivity index (χ1v) is 8.67. The van der Waals surface area contributed by atoms with Crippen molar-refractivity contribution in [2.75, 3.05) is 6.61 Å². The van der Waals surface area contributed by atoms with Crippen LogP contribution in [0, 0.1) is 22.7 Å². The van der Waals surface area contributed by atoms with Crippen LogP contribution in [0.25, 0.3) is 0 Å². The Morgan fingerprint density at radius 3 is 2.68 bits per heavy atom. The number of rotatable bonds is 4. The molecule has 0 fully saturated rings. The van der Waals surface area contributed by atoms with E-state index in [9.17, 15) is 10.1 Å². The first kappa shape index (κ1) is 17.4. The third kappa shape index (κ3) is 3.67. The lowest BCUT2D eigenvalue weighted by atomic mass is 9.70. The fraction of sp³-hybridized carbons (Fsp3) is 0.429. The molecule has 1 N–H and O–H groups in total. The van der Waals surface area contributed by atoms with E-state index in [1.54, 1.807) is 0 Å². The number of hydrogen-bond donors (Lipinski definition) is 1. The lowest BCUT2D eigenvalue weighted by Crippen LogP contribution is -2.38.